The van der Waals surface area contributed by atoms with Crippen molar-refractivity contribution in [1.29, 1.82) is 0 Å². The minimum atomic E-state index is -0.0996. The Morgan fingerprint density at radius 2 is 0.765 bits per heavy atom. The molecule has 2 aliphatic heterocycles. The van der Waals surface area contributed by atoms with Crippen LogP contribution in [0.4, 0.5) is 11.4 Å². The fourth-order valence-corrected chi connectivity index (χ4v) is 17.0. The van der Waals surface area contributed by atoms with Crippen molar-refractivity contribution in [2.45, 2.75) is 12.1 Å². The van der Waals surface area contributed by atoms with Crippen molar-refractivity contribution in [3.63, 3.8) is 0 Å². The molecule has 17 aromatic rings. The Balaban J connectivity index is 0.818. The van der Waals surface area contributed by atoms with Gasteiger partial charge in [-0.1, -0.05) is 291 Å². The molecule has 0 saturated carbocycles. The normalized spacial score (nSPS) is 15.7. The summed E-state index contributed by atoms with van der Waals surface area (Å²) in [6.45, 7) is 0. The summed E-state index contributed by atoms with van der Waals surface area (Å²) < 4.78 is 15.8. The molecule has 476 valence electrons. The smallest absolute Gasteiger partial charge is 0.159 e. The van der Waals surface area contributed by atoms with Gasteiger partial charge in [-0.25, -0.2) is 0 Å². The highest BCUT2D eigenvalue weighted by Crippen LogP contribution is 2.54. The van der Waals surface area contributed by atoms with Gasteiger partial charge in [-0.15, -0.1) is 0 Å². The molecule has 0 bridgehead atoms. The molecule has 102 heavy (non-hydrogen) atoms. The Bertz CT molecular complexity index is 6590. The largest absolute Gasteiger partial charge is 0.455 e. The van der Waals surface area contributed by atoms with Gasteiger partial charge in [0, 0.05) is 45.1 Å². The van der Waals surface area contributed by atoms with Gasteiger partial charge in [0.2, 0.25) is 0 Å². The minimum absolute atomic E-state index is 0.0994. The zero-order chi connectivity index (χ0) is 66.9. The quantitative estimate of drug-likeness (QED) is 0.128. The van der Waals surface area contributed by atoms with E-state index in [0.29, 0.717) is 0 Å². The van der Waals surface area contributed by atoms with Crippen LogP contribution in [0.2, 0.25) is 0 Å². The van der Waals surface area contributed by atoms with E-state index in [4.69, 9.17) is 8.83 Å². The molecule has 0 fully saturated rings. The fraction of sp³-hybridized carbons (Fsp3) is 0.0204. The summed E-state index contributed by atoms with van der Waals surface area (Å²) in [5.74, 6) is 0. The lowest BCUT2D eigenvalue weighted by atomic mass is 9.86. The van der Waals surface area contributed by atoms with Crippen LogP contribution >= 0.6 is 0 Å². The molecule has 4 nitrogen and oxygen atoms in total. The van der Waals surface area contributed by atoms with E-state index >= 15 is 0 Å². The molecule has 4 heteroatoms. The summed E-state index contributed by atoms with van der Waals surface area (Å²) in [4.78, 5) is 4.83. The van der Waals surface area contributed by atoms with E-state index in [1.807, 2.05) is 0 Å². The van der Waals surface area contributed by atoms with E-state index in [-0.39, 0.29) is 12.1 Å². The fourth-order valence-electron chi connectivity index (χ4n) is 17.0. The molecule has 4 heterocycles. The first kappa shape index (κ1) is 57.8. The number of nitrogens with zero attached hydrogens (tertiary/aromatic N) is 2. The van der Waals surface area contributed by atoms with Gasteiger partial charge in [-0.05, 0) is 193 Å². The molecule has 2 aromatic heterocycles. The van der Waals surface area contributed by atoms with Crippen LogP contribution in [-0.4, -0.2) is 12.1 Å². The summed E-state index contributed by atoms with van der Waals surface area (Å²) >= 11 is 0. The maximum Gasteiger partial charge on any atom is 0.159 e. The third kappa shape index (κ3) is 9.09. The Morgan fingerprint density at radius 3 is 1.46 bits per heavy atom. The van der Waals surface area contributed by atoms with Crippen molar-refractivity contribution in [3.05, 3.63) is 387 Å². The number of fused-ring (bicyclic) bond motifs is 6. The van der Waals surface area contributed by atoms with Gasteiger partial charge in [0.1, 0.15) is 11.2 Å². The molecule has 0 spiro atoms. The lowest BCUT2D eigenvalue weighted by molar-refractivity contribution is 0.664. The Morgan fingerprint density at radius 1 is 0.275 bits per heavy atom. The second-order valence-electron chi connectivity index (χ2n) is 27.3. The van der Waals surface area contributed by atoms with Crippen LogP contribution in [0.1, 0.15) is 11.1 Å². The van der Waals surface area contributed by atoms with Crippen LogP contribution in [0, 0.1) is 0 Å². The first-order chi connectivity index (χ1) is 50.6. The molecular formula is C98H62N2O2. The highest BCUT2D eigenvalue weighted by atomic mass is 16.3. The van der Waals surface area contributed by atoms with E-state index < -0.39 is 0 Å². The monoisotopic (exact) mass is 1300 g/mol. The van der Waals surface area contributed by atoms with Crippen LogP contribution in [0.25, 0.3) is 165 Å². The van der Waals surface area contributed by atoms with E-state index in [1.165, 1.54) is 71.7 Å². The number of hydrogen-bond donors (Lipinski definition) is 0. The van der Waals surface area contributed by atoms with Gasteiger partial charge in [-0.2, -0.15) is 0 Å². The first-order valence-electron chi connectivity index (χ1n) is 35.3. The Labute approximate surface area is 589 Å². The Kier molecular flexibility index (Phi) is 13.1. The molecule has 15 aromatic carbocycles. The molecular weight excluding hydrogens is 1240 g/mol. The van der Waals surface area contributed by atoms with E-state index in [2.05, 4.69) is 374 Å². The van der Waals surface area contributed by atoms with Crippen molar-refractivity contribution in [2.24, 2.45) is 0 Å². The number of rotatable bonds is 10. The molecule has 0 amide bonds. The summed E-state index contributed by atoms with van der Waals surface area (Å²) in [7, 11) is 0. The molecule has 2 unspecified atom stereocenters. The Hall–Kier alpha value is -13.3. The molecule has 2 atom stereocenters. The minimum Gasteiger partial charge on any atom is -0.455 e. The van der Waals surface area contributed by atoms with Crippen molar-refractivity contribution in [2.75, 3.05) is 9.80 Å². The lowest BCUT2D eigenvalue weighted by Gasteiger charge is -2.35. The lowest BCUT2D eigenvalue weighted by Crippen LogP contribution is -2.34. The number of furan rings is 2. The summed E-state index contributed by atoms with van der Waals surface area (Å²) in [5.41, 5.74) is 25.9. The van der Waals surface area contributed by atoms with Gasteiger partial charge < -0.3 is 18.6 Å². The summed E-state index contributed by atoms with van der Waals surface area (Å²) in [6, 6.07) is 106. The predicted molar refractivity (Wildman–Crippen MR) is 429 cm³/mol. The molecule has 0 radical (unpaired) electrons. The average molecular weight is 1300 g/mol. The third-order valence-electron chi connectivity index (χ3n) is 21.8. The standard InChI is InChI=1S/C98H62N2O2/c1-5-21-61(22-6-1)70-45-46-78(85(59-70)64-27-11-4-12-28-64)84-50-49-81-83-51-53-88(99-56-20-37-79-74(35-18-38-87(79)99)63-25-9-3-10-26-63)97-93(83)94-82(52-54-89(98(94)102-97)100-55-19-32-67-43-44-71(60-90(67)100)62-23-7-2-8-24-62)80-48-47-75(95-91(80)92(81)96(84)101-95)66-41-39-65(40-42-66)73-33-15-16-34-76(73)77-36-17-31-72-57-68-29-13-14-30-69(68)58-86(72)77/h1-60,87,90H. The zero-order valence-corrected chi connectivity index (χ0v) is 55.5. The molecule has 0 N–H and O–H groups in total. The number of hydrogen-bond acceptors (Lipinski definition) is 4. The number of benzene rings is 14. The van der Waals surface area contributed by atoms with Crippen LogP contribution in [-0.2, 0) is 0 Å². The molecule has 4 aliphatic rings. The number of allylic oxidation sites excluding steroid dienone is 8. The van der Waals surface area contributed by atoms with Gasteiger partial charge >= 0.3 is 0 Å². The van der Waals surface area contributed by atoms with Gasteiger partial charge in [-0.3, -0.25) is 0 Å². The van der Waals surface area contributed by atoms with Crippen LogP contribution in [0.3, 0.4) is 0 Å². The van der Waals surface area contributed by atoms with Gasteiger partial charge in [0.05, 0.1) is 23.5 Å². The molecule has 21 rings (SSSR count). The van der Waals surface area contributed by atoms with Crippen LogP contribution in [0.15, 0.2) is 384 Å². The van der Waals surface area contributed by atoms with E-state index in [1.54, 1.807) is 0 Å². The second-order valence-corrected chi connectivity index (χ2v) is 27.3. The highest BCUT2D eigenvalue weighted by Gasteiger charge is 2.34. The highest BCUT2D eigenvalue weighted by molar-refractivity contribution is 6.39. The van der Waals surface area contributed by atoms with Crippen molar-refractivity contribution < 1.29 is 8.83 Å². The molecule has 2 aliphatic carbocycles. The van der Waals surface area contributed by atoms with Crippen LogP contribution in [0.5, 0.6) is 0 Å². The third-order valence-corrected chi connectivity index (χ3v) is 21.8. The van der Waals surface area contributed by atoms with Gasteiger partial charge in [0.15, 0.2) is 11.2 Å². The second kappa shape index (κ2) is 23.2. The van der Waals surface area contributed by atoms with E-state index in [0.717, 1.165) is 127 Å². The van der Waals surface area contributed by atoms with E-state index in [9.17, 15) is 0 Å². The van der Waals surface area contributed by atoms with Crippen LogP contribution < -0.4 is 9.80 Å². The number of anilines is 2. The maximum atomic E-state index is 7.93. The maximum absolute atomic E-state index is 7.93. The summed E-state index contributed by atoms with van der Waals surface area (Å²) in [5, 5.41) is 13.5. The van der Waals surface area contributed by atoms with Crippen molar-refractivity contribution >= 4 is 109 Å². The first-order valence-corrected chi connectivity index (χ1v) is 35.3. The SMILES string of the molecule is C1=CC2C(=CC=CN2c2ccc3c4ccc(-c5ccc(-c6ccccc6)cc5-c5ccccc5)c5oc6c(-c7ccc(-c8ccccc8-c8cccc9cc%10ccccc%10cc89)cc7)ccc(c7ccc(N8C=CC=C9C=CC(c%10ccccc%10)=CC98)c8oc2c3c87)c6c54)C(c2ccccc2)=C1. The predicted octanol–water partition coefficient (Wildman–Crippen LogP) is 26.1. The average Bonchev–Trinajstić information content (AvgIpc) is 1.51. The van der Waals surface area contributed by atoms with Gasteiger partial charge in [0.25, 0.3) is 0 Å². The zero-order valence-electron chi connectivity index (χ0n) is 55.5. The topological polar surface area (TPSA) is 32.8 Å². The summed E-state index contributed by atoms with van der Waals surface area (Å²) in [6.07, 6.45) is 27.1. The van der Waals surface area contributed by atoms with Crippen molar-refractivity contribution in [3.8, 4) is 66.8 Å². The van der Waals surface area contributed by atoms with Crippen molar-refractivity contribution in [1.82, 2.24) is 0 Å². The molecule has 0 saturated heterocycles.